The van der Waals surface area contributed by atoms with Crippen molar-refractivity contribution in [1.29, 1.82) is 0 Å². The molecular formula is C16H24N4. The number of hydrogen-bond donors (Lipinski definition) is 1. The second kappa shape index (κ2) is 6.09. The van der Waals surface area contributed by atoms with Crippen LogP contribution in [0.2, 0.25) is 0 Å². The third-order valence-corrected chi connectivity index (χ3v) is 3.56. The van der Waals surface area contributed by atoms with E-state index in [4.69, 9.17) is 5.73 Å². The summed E-state index contributed by atoms with van der Waals surface area (Å²) in [5.74, 6) is 0. The Morgan fingerprint density at radius 3 is 2.65 bits per heavy atom. The minimum absolute atomic E-state index is 0.443. The highest BCUT2D eigenvalue weighted by molar-refractivity contribution is 5.93. The van der Waals surface area contributed by atoms with Gasteiger partial charge in [0.25, 0.3) is 0 Å². The SMILES string of the molecule is CCN(c1ccnc2cc(N)ccc12)C(C)CN(C)C. The van der Waals surface area contributed by atoms with E-state index in [1.54, 1.807) is 0 Å². The van der Waals surface area contributed by atoms with Gasteiger partial charge in [0.1, 0.15) is 0 Å². The highest BCUT2D eigenvalue weighted by atomic mass is 15.2. The predicted molar refractivity (Wildman–Crippen MR) is 87.2 cm³/mol. The molecule has 1 atom stereocenters. The Kier molecular flexibility index (Phi) is 4.45. The number of nitrogen functional groups attached to an aromatic ring is 1. The molecule has 0 fully saturated rings. The van der Waals surface area contributed by atoms with E-state index in [2.05, 4.69) is 54.9 Å². The van der Waals surface area contributed by atoms with Crippen LogP contribution in [0.25, 0.3) is 10.9 Å². The second-order valence-electron chi connectivity index (χ2n) is 5.50. The molecule has 2 N–H and O–H groups in total. The van der Waals surface area contributed by atoms with Crippen molar-refractivity contribution in [2.45, 2.75) is 19.9 Å². The topological polar surface area (TPSA) is 45.4 Å². The summed E-state index contributed by atoms with van der Waals surface area (Å²) in [5.41, 5.74) is 8.79. The van der Waals surface area contributed by atoms with Gasteiger partial charge in [-0.05, 0) is 52.2 Å². The number of nitrogens with zero attached hydrogens (tertiary/aromatic N) is 3. The van der Waals surface area contributed by atoms with Crippen LogP contribution >= 0.6 is 0 Å². The Labute approximate surface area is 121 Å². The zero-order valence-corrected chi connectivity index (χ0v) is 12.8. The van der Waals surface area contributed by atoms with E-state index in [9.17, 15) is 0 Å². The smallest absolute Gasteiger partial charge is 0.0743 e. The fourth-order valence-corrected chi connectivity index (χ4v) is 2.75. The molecule has 20 heavy (non-hydrogen) atoms. The molecule has 1 heterocycles. The molecule has 1 unspecified atom stereocenters. The van der Waals surface area contributed by atoms with Crippen molar-refractivity contribution in [3.05, 3.63) is 30.5 Å². The van der Waals surface area contributed by atoms with Crippen molar-refractivity contribution >= 4 is 22.3 Å². The molecule has 4 heteroatoms. The van der Waals surface area contributed by atoms with Crippen LogP contribution in [0.1, 0.15) is 13.8 Å². The van der Waals surface area contributed by atoms with E-state index < -0.39 is 0 Å². The number of benzene rings is 1. The monoisotopic (exact) mass is 272 g/mol. The number of fused-ring (bicyclic) bond motifs is 1. The lowest BCUT2D eigenvalue weighted by Gasteiger charge is -2.32. The highest BCUT2D eigenvalue weighted by Crippen LogP contribution is 2.28. The van der Waals surface area contributed by atoms with Crippen LogP contribution in [0.3, 0.4) is 0 Å². The molecule has 1 aromatic carbocycles. The first-order chi connectivity index (χ1) is 9.52. The molecular weight excluding hydrogens is 248 g/mol. The molecule has 0 saturated carbocycles. The first-order valence-corrected chi connectivity index (χ1v) is 7.08. The molecule has 4 nitrogen and oxygen atoms in total. The first kappa shape index (κ1) is 14.6. The van der Waals surface area contributed by atoms with Crippen LogP contribution < -0.4 is 10.6 Å². The maximum absolute atomic E-state index is 5.85. The maximum Gasteiger partial charge on any atom is 0.0743 e. The normalized spacial score (nSPS) is 12.8. The standard InChI is InChI=1S/C16H24N4/c1-5-20(12(2)11-19(3)4)16-8-9-18-15-10-13(17)6-7-14(15)16/h6-10,12H,5,11,17H2,1-4H3. The van der Waals surface area contributed by atoms with Gasteiger partial charge in [0.05, 0.1) is 5.52 Å². The van der Waals surface area contributed by atoms with Crippen LogP contribution in [-0.4, -0.2) is 43.1 Å². The molecule has 0 bridgehead atoms. The van der Waals surface area contributed by atoms with Gasteiger partial charge in [-0.1, -0.05) is 0 Å². The maximum atomic E-state index is 5.85. The van der Waals surface area contributed by atoms with E-state index in [0.717, 1.165) is 29.7 Å². The largest absolute Gasteiger partial charge is 0.399 e. The van der Waals surface area contributed by atoms with Gasteiger partial charge in [-0.2, -0.15) is 0 Å². The molecule has 0 spiro atoms. The van der Waals surface area contributed by atoms with Gasteiger partial charge in [0.15, 0.2) is 0 Å². The summed E-state index contributed by atoms with van der Waals surface area (Å²) in [4.78, 5) is 9.06. The van der Waals surface area contributed by atoms with E-state index >= 15 is 0 Å². The van der Waals surface area contributed by atoms with Gasteiger partial charge in [-0.25, -0.2) is 0 Å². The number of likely N-dealkylation sites (N-methyl/N-ethyl adjacent to an activating group) is 2. The molecule has 2 rings (SSSR count). The van der Waals surface area contributed by atoms with Gasteiger partial charge >= 0.3 is 0 Å². The molecule has 0 aliphatic rings. The average molecular weight is 272 g/mol. The fraction of sp³-hybridized carbons (Fsp3) is 0.438. The summed E-state index contributed by atoms with van der Waals surface area (Å²) < 4.78 is 0. The number of nitrogens with two attached hydrogens (primary N) is 1. The molecule has 0 aliphatic heterocycles. The molecule has 0 saturated heterocycles. The van der Waals surface area contributed by atoms with E-state index in [-0.39, 0.29) is 0 Å². The van der Waals surface area contributed by atoms with Gasteiger partial charge in [0, 0.05) is 42.1 Å². The number of aromatic nitrogens is 1. The van der Waals surface area contributed by atoms with Crippen molar-refractivity contribution in [3.63, 3.8) is 0 Å². The Balaban J connectivity index is 2.44. The van der Waals surface area contributed by atoms with Crippen LogP contribution in [0.5, 0.6) is 0 Å². The van der Waals surface area contributed by atoms with Gasteiger partial charge < -0.3 is 15.5 Å². The van der Waals surface area contributed by atoms with Crippen molar-refractivity contribution in [1.82, 2.24) is 9.88 Å². The Morgan fingerprint density at radius 1 is 1.25 bits per heavy atom. The summed E-state index contributed by atoms with van der Waals surface area (Å²) >= 11 is 0. The lowest BCUT2D eigenvalue weighted by molar-refractivity contribution is 0.373. The average Bonchev–Trinajstić information content (AvgIpc) is 2.38. The van der Waals surface area contributed by atoms with Crippen molar-refractivity contribution in [2.75, 3.05) is 37.8 Å². The zero-order valence-electron chi connectivity index (χ0n) is 12.8. The Hall–Kier alpha value is -1.81. The molecule has 0 aliphatic carbocycles. The van der Waals surface area contributed by atoms with Crippen LogP contribution in [0.4, 0.5) is 11.4 Å². The van der Waals surface area contributed by atoms with Gasteiger partial charge in [-0.3, -0.25) is 4.98 Å². The molecule has 1 aromatic heterocycles. The van der Waals surface area contributed by atoms with Crippen molar-refractivity contribution < 1.29 is 0 Å². The first-order valence-electron chi connectivity index (χ1n) is 7.08. The highest BCUT2D eigenvalue weighted by Gasteiger charge is 2.16. The summed E-state index contributed by atoms with van der Waals surface area (Å²) in [7, 11) is 4.21. The Morgan fingerprint density at radius 2 is 2.00 bits per heavy atom. The lowest BCUT2D eigenvalue weighted by Crippen LogP contribution is -2.40. The zero-order chi connectivity index (χ0) is 14.7. The number of hydrogen-bond acceptors (Lipinski definition) is 4. The summed E-state index contributed by atoms with van der Waals surface area (Å²) in [6.45, 7) is 6.44. The lowest BCUT2D eigenvalue weighted by atomic mass is 10.1. The fourth-order valence-electron chi connectivity index (χ4n) is 2.75. The summed E-state index contributed by atoms with van der Waals surface area (Å²) in [5, 5.41) is 1.16. The minimum atomic E-state index is 0.443. The summed E-state index contributed by atoms with van der Waals surface area (Å²) in [6.07, 6.45) is 1.86. The van der Waals surface area contributed by atoms with E-state index in [1.807, 2.05) is 18.3 Å². The van der Waals surface area contributed by atoms with Crippen LogP contribution in [0, 0.1) is 0 Å². The number of rotatable bonds is 5. The van der Waals surface area contributed by atoms with Gasteiger partial charge in [0.2, 0.25) is 0 Å². The molecule has 0 radical (unpaired) electrons. The third-order valence-electron chi connectivity index (χ3n) is 3.56. The van der Waals surface area contributed by atoms with Crippen LogP contribution in [-0.2, 0) is 0 Å². The predicted octanol–water partition coefficient (Wildman–Crippen LogP) is 2.59. The quantitative estimate of drug-likeness (QED) is 0.850. The molecule has 2 aromatic rings. The molecule has 0 amide bonds. The number of anilines is 2. The molecule has 108 valence electrons. The van der Waals surface area contributed by atoms with Crippen molar-refractivity contribution in [3.8, 4) is 0 Å². The van der Waals surface area contributed by atoms with Gasteiger partial charge in [-0.15, -0.1) is 0 Å². The Bertz CT molecular complexity index is 580. The minimum Gasteiger partial charge on any atom is -0.399 e. The van der Waals surface area contributed by atoms with Crippen LogP contribution in [0.15, 0.2) is 30.5 Å². The van der Waals surface area contributed by atoms with E-state index in [0.29, 0.717) is 6.04 Å². The summed E-state index contributed by atoms with van der Waals surface area (Å²) in [6, 6.07) is 8.48. The van der Waals surface area contributed by atoms with Crippen molar-refractivity contribution in [2.24, 2.45) is 0 Å². The number of pyridine rings is 1. The van der Waals surface area contributed by atoms with E-state index in [1.165, 1.54) is 5.69 Å². The third kappa shape index (κ3) is 3.02. The second-order valence-corrected chi connectivity index (χ2v) is 5.50.